The van der Waals surface area contributed by atoms with Gasteiger partial charge in [-0.25, -0.2) is 13.1 Å². The quantitative estimate of drug-likeness (QED) is 0.247. The van der Waals surface area contributed by atoms with Gasteiger partial charge in [0.05, 0.1) is 16.3 Å². The maximum absolute atomic E-state index is 11.9. The fourth-order valence-electron chi connectivity index (χ4n) is 1.86. The Morgan fingerprint density at radius 1 is 0.879 bits per heavy atom. The molecule has 2 aromatic rings. The summed E-state index contributed by atoms with van der Waals surface area (Å²) in [6.45, 7) is 17.2. The topological polar surface area (TPSA) is 98.0 Å². The van der Waals surface area contributed by atoms with Gasteiger partial charge in [0.15, 0.2) is 0 Å². The molecular formula is C25H43N5O2S. The van der Waals surface area contributed by atoms with Crippen LogP contribution in [0.15, 0.2) is 76.3 Å². The molecule has 0 fully saturated rings. The van der Waals surface area contributed by atoms with E-state index in [1.54, 1.807) is 18.2 Å². The van der Waals surface area contributed by atoms with Crippen LogP contribution >= 0.6 is 0 Å². The van der Waals surface area contributed by atoms with E-state index in [2.05, 4.69) is 21.5 Å². The first-order chi connectivity index (χ1) is 15.8. The van der Waals surface area contributed by atoms with E-state index in [-0.39, 0.29) is 11.4 Å². The van der Waals surface area contributed by atoms with Crippen molar-refractivity contribution in [2.75, 3.05) is 25.5 Å². The zero-order valence-electron chi connectivity index (χ0n) is 21.8. The number of sulfonamides is 1. The van der Waals surface area contributed by atoms with Crippen LogP contribution in [0.1, 0.15) is 48.5 Å². The Labute approximate surface area is 202 Å². The molecule has 0 aromatic heterocycles. The predicted molar refractivity (Wildman–Crippen MR) is 145 cm³/mol. The lowest BCUT2D eigenvalue weighted by Gasteiger charge is -2.11. The summed E-state index contributed by atoms with van der Waals surface area (Å²) in [6.07, 6.45) is 2.74. The largest absolute Gasteiger partial charge is 0.378 e. The van der Waals surface area contributed by atoms with E-state index in [1.807, 2.05) is 91.7 Å². The SMILES string of the molecule is C=CC.CC.CC.CC.CN(C)c1ccc(N=Nc2ccc(S(=O)(=O)NCC=N)cc2)cc1. The molecule has 0 atom stereocenters. The van der Waals surface area contributed by atoms with Crippen molar-refractivity contribution in [1.29, 1.82) is 5.41 Å². The van der Waals surface area contributed by atoms with Crippen LogP contribution < -0.4 is 9.62 Å². The molecule has 0 saturated heterocycles. The maximum atomic E-state index is 11.9. The van der Waals surface area contributed by atoms with E-state index in [0.717, 1.165) is 11.9 Å². The highest BCUT2D eigenvalue weighted by molar-refractivity contribution is 7.89. The highest BCUT2D eigenvalue weighted by Crippen LogP contribution is 2.22. The molecule has 0 aliphatic carbocycles. The lowest BCUT2D eigenvalue weighted by Crippen LogP contribution is -2.25. The van der Waals surface area contributed by atoms with Crippen LogP contribution in [0.5, 0.6) is 0 Å². The van der Waals surface area contributed by atoms with Crippen LogP contribution in [-0.2, 0) is 10.0 Å². The number of rotatable bonds is 7. The predicted octanol–water partition coefficient (Wildman–Crippen LogP) is 7.37. The van der Waals surface area contributed by atoms with E-state index in [0.29, 0.717) is 11.4 Å². The fraction of sp³-hybridized carbons (Fsp3) is 0.400. The number of nitrogens with one attached hydrogen (secondary N) is 2. The average molecular weight is 478 g/mol. The van der Waals surface area contributed by atoms with Crippen LogP contribution in [0.2, 0.25) is 0 Å². The summed E-state index contributed by atoms with van der Waals surface area (Å²) in [6, 6.07) is 13.7. The summed E-state index contributed by atoms with van der Waals surface area (Å²) in [7, 11) is 0.325. The molecule has 0 heterocycles. The van der Waals surface area contributed by atoms with Gasteiger partial charge < -0.3 is 10.3 Å². The smallest absolute Gasteiger partial charge is 0.240 e. The van der Waals surface area contributed by atoms with Gasteiger partial charge in [-0.05, 0) is 55.5 Å². The van der Waals surface area contributed by atoms with Gasteiger partial charge in [0, 0.05) is 32.5 Å². The standard InChI is InChI=1S/C16H19N5O2S.C3H6.3C2H6/c1-21(2)15-7-3-13(4-8-15)19-20-14-5-9-16(10-6-14)24(22,23)18-12-11-17;1-3-2;3*1-2/h3-11,17-18H,12H2,1-2H3;3H,1H2,2H3;3*1-2H3. The molecule has 186 valence electrons. The van der Waals surface area contributed by atoms with E-state index in [4.69, 9.17) is 5.41 Å². The molecule has 2 aromatic carbocycles. The second kappa shape index (κ2) is 22.4. The molecule has 2 rings (SSSR count). The zero-order valence-corrected chi connectivity index (χ0v) is 22.6. The number of azo groups is 1. The van der Waals surface area contributed by atoms with Gasteiger partial charge in [-0.15, -0.1) is 6.58 Å². The maximum Gasteiger partial charge on any atom is 0.240 e. The molecule has 7 nitrogen and oxygen atoms in total. The van der Waals surface area contributed by atoms with E-state index >= 15 is 0 Å². The van der Waals surface area contributed by atoms with Gasteiger partial charge in [0.1, 0.15) is 0 Å². The summed E-state index contributed by atoms with van der Waals surface area (Å²) >= 11 is 0. The number of anilines is 1. The van der Waals surface area contributed by atoms with Crippen LogP contribution in [0.4, 0.5) is 17.1 Å². The van der Waals surface area contributed by atoms with Crippen molar-refractivity contribution in [3.63, 3.8) is 0 Å². The van der Waals surface area contributed by atoms with Gasteiger partial charge in [0.25, 0.3) is 0 Å². The van der Waals surface area contributed by atoms with Crippen molar-refractivity contribution in [3.05, 3.63) is 61.2 Å². The first-order valence-electron chi connectivity index (χ1n) is 11.2. The Balaban J connectivity index is -0.000000882. The van der Waals surface area contributed by atoms with Gasteiger partial charge in [-0.3, -0.25) is 0 Å². The minimum Gasteiger partial charge on any atom is -0.378 e. The Hall–Kier alpha value is -2.84. The molecule has 0 aliphatic rings. The molecule has 0 unspecified atom stereocenters. The number of hydrogen-bond acceptors (Lipinski definition) is 6. The van der Waals surface area contributed by atoms with Crippen LogP contribution in [0.3, 0.4) is 0 Å². The van der Waals surface area contributed by atoms with Crippen LogP contribution in [0.25, 0.3) is 0 Å². The average Bonchev–Trinajstić information content (AvgIpc) is 2.86. The number of allylic oxidation sites excluding steroid dienone is 1. The summed E-state index contributed by atoms with van der Waals surface area (Å²) in [5.41, 5.74) is 2.34. The van der Waals surface area contributed by atoms with Gasteiger partial charge in [0.2, 0.25) is 10.0 Å². The minimum atomic E-state index is -3.60. The van der Waals surface area contributed by atoms with E-state index in [9.17, 15) is 8.42 Å². The second-order valence-corrected chi connectivity index (χ2v) is 7.34. The normalized spacial score (nSPS) is 9.36. The first kappa shape index (κ1) is 34.8. The molecule has 0 spiro atoms. The molecule has 0 saturated carbocycles. The third-order valence-electron chi connectivity index (χ3n) is 3.17. The zero-order chi connectivity index (χ0) is 26.3. The highest BCUT2D eigenvalue weighted by atomic mass is 32.2. The lowest BCUT2D eigenvalue weighted by molar-refractivity contribution is 0.586. The van der Waals surface area contributed by atoms with Crippen molar-refractivity contribution < 1.29 is 8.42 Å². The minimum absolute atomic E-state index is 0.0350. The summed E-state index contributed by atoms with van der Waals surface area (Å²) in [5, 5.41) is 15.1. The molecule has 0 radical (unpaired) electrons. The third-order valence-corrected chi connectivity index (χ3v) is 4.61. The molecule has 0 amide bonds. The molecule has 0 aliphatic heterocycles. The van der Waals surface area contributed by atoms with Gasteiger partial charge in [-0.1, -0.05) is 47.6 Å². The van der Waals surface area contributed by atoms with Crippen LogP contribution in [0, 0.1) is 5.41 Å². The lowest BCUT2D eigenvalue weighted by atomic mass is 10.3. The Morgan fingerprint density at radius 3 is 1.58 bits per heavy atom. The van der Waals surface area contributed by atoms with Crippen molar-refractivity contribution in [1.82, 2.24) is 4.72 Å². The Bertz CT molecular complexity index is 861. The second-order valence-electron chi connectivity index (χ2n) is 5.57. The molecular weight excluding hydrogens is 434 g/mol. The van der Waals surface area contributed by atoms with E-state index in [1.165, 1.54) is 12.1 Å². The summed E-state index contributed by atoms with van der Waals surface area (Å²) in [4.78, 5) is 2.12. The monoisotopic (exact) mass is 477 g/mol. The summed E-state index contributed by atoms with van der Waals surface area (Å²) < 4.78 is 26.1. The van der Waals surface area contributed by atoms with Gasteiger partial charge >= 0.3 is 0 Å². The van der Waals surface area contributed by atoms with Crippen molar-refractivity contribution in [3.8, 4) is 0 Å². The number of hydrogen-bond donors (Lipinski definition) is 2. The van der Waals surface area contributed by atoms with Gasteiger partial charge in [-0.2, -0.15) is 10.2 Å². The van der Waals surface area contributed by atoms with Crippen molar-refractivity contribution in [2.45, 2.75) is 53.4 Å². The summed E-state index contributed by atoms with van der Waals surface area (Å²) in [5.74, 6) is 0. The molecule has 8 heteroatoms. The van der Waals surface area contributed by atoms with Crippen molar-refractivity contribution in [2.24, 2.45) is 10.2 Å². The fourth-order valence-corrected chi connectivity index (χ4v) is 2.82. The van der Waals surface area contributed by atoms with Crippen molar-refractivity contribution >= 4 is 33.3 Å². The number of nitrogens with zero attached hydrogens (tertiary/aromatic N) is 3. The van der Waals surface area contributed by atoms with Crippen LogP contribution in [-0.4, -0.2) is 35.3 Å². The Morgan fingerprint density at radius 2 is 1.24 bits per heavy atom. The molecule has 0 bridgehead atoms. The third kappa shape index (κ3) is 15.6. The molecule has 2 N–H and O–H groups in total. The number of benzene rings is 2. The van der Waals surface area contributed by atoms with E-state index < -0.39 is 10.0 Å². The first-order valence-corrected chi connectivity index (χ1v) is 12.7. The highest BCUT2D eigenvalue weighted by Gasteiger charge is 2.12. The molecule has 33 heavy (non-hydrogen) atoms. The Kier molecular flexibility index (Phi) is 23.6.